The largest absolute Gasteiger partial charge is 0.497 e. The Kier molecular flexibility index (Phi) is 4.50. The zero-order valence-corrected chi connectivity index (χ0v) is 17.7. The summed E-state index contributed by atoms with van der Waals surface area (Å²) in [7, 11) is 1.69. The van der Waals surface area contributed by atoms with Gasteiger partial charge in [0.2, 0.25) is 11.9 Å². The van der Waals surface area contributed by atoms with E-state index in [9.17, 15) is 0 Å². The van der Waals surface area contributed by atoms with Gasteiger partial charge in [0, 0.05) is 12.7 Å². The molecule has 0 aliphatic carbocycles. The number of ether oxygens (including phenoxy) is 1. The molecule has 0 amide bonds. The molecule has 2 aliphatic rings. The van der Waals surface area contributed by atoms with Crippen LogP contribution in [0.3, 0.4) is 0 Å². The fourth-order valence-corrected chi connectivity index (χ4v) is 4.37. The molecule has 0 radical (unpaired) electrons. The minimum absolute atomic E-state index is 0.134. The fourth-order valence-electron chi connectivity index (χ4n) is 4.37. The number of hydrogen-bond acceptors (Lipinski definition) is 7. The van der Waals surface area contributed by atoms with Gasteiger partial charge in [0.05, 0.1) is 37.2 Å². The summed E-state index contributed by atoms with van der Waals surface area (Å²) in [6, 6.07) is 22.4. The van der Waals surface area contributed by atoms with Crippen LogP contribution in [0.25, 0.3) is 11.0 Å². The molecule has 0 saturated carbocycles. The van der Waals surface area contributed by atoms with Crippen LogP contribution in [0.2, 0.25) is 0 Å². The predicted molar refractivity (Wildman–Crippen MR) is 123 cm³/mol. The van der Waals surface area contributed by atoms with Crippen LogP contribution in [-0.2, 0) is 6.54 Å². The van der Waals surface area contributed by atoms with Crippen molar-refractivity contribution in [3.8, 4) is 5.75 Å². The molecule has 8 heteroatoms. The summed E-state index contributed by atoms with van der Waals surface area (Å²) in [5.74, 6) is 2.53. The van der Waals surface area contributed by atoms with Gasteiger partial charge in [-0.05, 0) is 42.0 Å². The van der Waals surface area contributed by atoms with Gasteiger partial charge in [-0.15, -0.1) is 0 Å². The maximum absolute atomic E-state index is 5.47. The fraction of sp³-hybridized carbons (Fsp3) is 0.208. The highest BCUT2D eigenvalue weighted by molar-refractivity contribution is 5.98. The first-order chi connectivity index (χ1) is 15.8. The van der Waals surface area contributed by atoms with Crippen LogP contribution in [0.5, 0.6) is 5.75 Å². The molecule has 6 rings (SSSR count). The molecule has 4 aromatic rings. The average Bonchev–Trinajstić information content (AvgIpc) is 3.24. The van der Waals surface area contributed by atoms with Crippen LogP contribution in [0.4, 0.5) is 5.95 Å². The topological polar surface area (TPSA) is 70.8 Å². The number of para-hydroxylation sites is 2. The Morgan fingerprint density at radius 1 is 1.06 bits per heavy atom. The number of rotatable bonds is 4. The first-order valence-electron chi connectivity index (χ1n) is 10.6. The van der Waals surface area contributed by atoms with Crippen LogP contribution in [0.15, 0.2) is 77.9 Å². The lowest BCUT2D eigenvalue weighted by atomic mass is 10.1. The monoisotopic (exact) mass is 425 g/mol. The van der Waals surface area contributed by atoms with Gasteiger partial charge < -0.3 is 10.1 Å². The molecule has 32 heavy (non-hydrogen) atoms. The van der Waals surface area contributed by atoms with Crippen molar-refractivity contribution in [1.82, 2.24) is 24.8 Å². The molecule has 1 unspecified atom stereocenters. The Bertz CT molecular complexity index is 1300. The standard InChI is InChI=1S/C24H23N7O/c1-32-19-9-6-7-17(13-19)22-28-23-26-15-29(14-18-8-4-5-12-25-18)16-30(23)24-27-20-10-2-3-11-21(20)31(22)24/h2-13,22H,14-16H2,1H3,(H,26,28). The molecule has 8 nitrogen and oxygen atoms in total. The Labute approximate surface area is 185 Å². The van der Waals surface area contributed by atoms with Crippen LogP contribution in [0.1, 0.15) is 17.4 Å². The molecule has 4 heterocycles. The minimum atomic E-state index is -0.134. The Hall–Kier alpha value is -3.91. The van der Waals surface area contributed by atoms with Crippen molar-refractivity contribution in [2.75, 3.05) is 25.3 Å². The number of aliphatic imine (C=N–C) groups is 1. The van der Waals surface area contributed by atoms with Crippen molar-refractivity contribution in [2.45, 2.75) is 12.7 Å². The van der Waals surface area contributed by atoms with Gasteiger partial charge in [-0.25, -0.2) is 9.98 Å². The summed E-state index contributed by atoms with van der Waals surface area (Å²) in [5, 5.41) is 3.64. The third kappa shape index (κ3) is 3.16. The van der Waals surface area contributed by atoms with Gasteiger partial charge in [-0.3, -0.25) is 19.4 Å². The summed E-state index contributed by atoms with van der Waals surface area (Å²) in [5.41, 5.74) is 4.15. The molecule has 1 atom stereocenters. The van der Waals surface area contributed by atoms with E-state index in [-0.39, 0.29) is 6.17 Å². The molecule has 0 spiro atoms. The molecule has 2 aromatic heterocycles. The molecule has 2 aromatic carbocycles. The van der Waals surface area contributed by atoms with E-state index in [2.05, 4.69) is 48.9 Å². The van der Waals surface area contributed by atoms with E-state index < -0.39 is 0 Å². The first kappa shape index (κ1) is 18.8. The predicted octanol–water partition coefficient (Wildman–Crippen LogP) is 3.18. The highest BCUT2D eigenvalue weighted by Gasteiger charge is 2.35. The molecular weight excluding hydrogens is 402 g/mol. The van der Waals surface area contributed by atoms with E-state index >= 15 is 0 Å². The summed E-state index contributed by atoms with van der Waals surface area (Å²) in [6.45, 7) is 2.00. The van der Waals surface area contributed by atoms with Gasteiger partial charge in [0.25, 0.3) is 0 Å². The second-order valence-corrected chi connectivity index (χ2v) is 7.94. The maximum Gasteiger partial charge on any atom is 0.216 e. The van der Waals surface area contributed by atoms with E-state index in [4.69, 9.17) is 14.7 Å². The van der Waals surface area contributed by atoms with E-state index in [1.807, 2.05) is 48.7 Å². The highest BCUT2D eigenvalue weighted by atomic mass is 16.5. The number of nitrogens with one attached hydrogen (secondary N) is 1. The number of fused-ring (bicyclic) bond motifs is 5. The highest BCUT2D eigenvalue weighted by Crippen LogP contribution is 2.34. The van der Waals surface area contributed by atoms with Crippen LogP contribution >= 0.6 is 0 Å². The van der Waals surface area contributed by atoms with Crippen molar-refractivity contribution in [3.63, 3.8) is 0 Å². The number of methoxy groups -OCH3 is 1. The number of aromatic nitrogens is 3. The maximum atomic E-state index is 5.47. The number of imidazole rings is 1. The zero-order valence-electron chi connectivity index (χ0n) is 17.7. The SMILES string of the molecule is COc1cccc(C2NC3=NCN(Cc4ccccn4)CN3c3nc4ccccc4n32)c1. The van der Waals surface area contributed by atoms with E-state index in [0.717, 1.165) is 46.5 Å². The van der Waals surface area contributed by atoms with Gasteiger partial charge in [0.15, 0.2) is 0 Å². The Morgan fingerprint density at radius 2 is 1.97 bits per heavy atom. The number of hydrogen-bond donors (Lipinski definition) is 1. The van der Waals surface area contributed by atoms with Crippen molar-refractivity contribution in [3.05, 3.63) is 84.2 Å². The van der Waals surface area contributed by atoms with Gasteiger partial charge >= 0.3 is 0 Å². The number of nitrogens with zero attached hydrogens (tertiary/aromatic N) is 6. The van der Waals surface area contributed by atoms with Crippen molar-refractivity contribution >= 4 is 22.9 Å². The molecule has 0 bridgehead atoms. The van der Waals surface area contributed by atoms with Crippen molar-refractivity contribution in [1.29, 1.82) is 0 Å². The summed E-state index contributed by atoms with van der Waals surface area (Å²) < 4.78 is 7.72. The third-order valence-corrected chi connectivity index (χ3v) is 5.88. The average molecular weight is 425 g/mol. The summed E-state index contributed by atoms with van der Waals surface area (Å²) in [4.78, 5) is 18.7. The smallest absolute Gasteiger partial charge is 0.216 e. The van der Waals surface area contributed by atoms with E-state index in [1.165, 1.54) is 0 Å². The molecule has 1 N–H and O–H groups in total. The van der Waals surface area contributed by atoms with Gasteiger partial charge in [-0.1, -0.05) is 30.3 Å². The molecular formula is C24H23N7O. The lowest BCUT2D eigenvalue weighted by Gasteiger charge is -2.41. The lowest BCUT2D eigenvalue weighted by molar-refractivity contribution is 0.261. The number of benzene rings is 2. The van der Waals surface area contributed by atoms with Gasteiger partial charge in [0.1, 0.15) is 11.9 Å². The van der Waals surface area contributed by atoms with E-state index in [1.54, 1.807) is 7.11 Å². The van der Waals surface area contributed by atoms with E-state index in [0.29, 0.717) is 13.3 Å². The minimum Gasteiger partial charge on any atom is -0.497 e. The third-order valence-electron chi connectivity index (χ3n) is 5.88. The molecule has 0 saturated heterocycles. The number of anilines is 1. The second-order valence-electron chi connectivity index (χ2n) is 7.94. The second kappa shape index (κ2) is 7.65. The molecule has 2 aliphatic heterocycles. The molecule has 160 valence electrons. The first-order valence-corrected chi connectivity index (χ1v) is 10.6. The molecule has 0 fully saturated rings. The summed E-state index contributed by atoms with van der Waals surface area (Å²) >= 11 is 0. The number of pyridine rings is 1. The zero-order chi connectivity index (χ0) is 21.5. The Morgan fingerprint density at radius 3 is 2.84 bits per heavy atom. The van der Waals surface area contributed by atoms with Crippen LogP contribution < -0.4 is 15.0 Å². The van der Waals surface area contributed by atoms with Crippen LogP contribution in [0, 0.1) is 0 Å². The van der Waals surface area contributed by atoms with Crippen molar-refractivity contribution in [2.24, 2.45) is 4.99 Å². The summed E-state index contributed by atoms with van der Waals surface area (Å²) in [6.07, 6.45) is 1.69. The number of guanidine groups is 1. The van der Waals surface area contributed by atoms with Gasteiger partial charge in [-0.2, -0.15) is 0 Å². The van der Waals surface area contributed by atoms with Crippen molar-refractivity contribution < 1.29 is 4.74 Å². The Balaban J connectivity index is 1.42. The quantitative estimate of drug-likeness (QED) is 0.542. The normalized spacial score (nSPS) is 18.0. The van der Waals surface area contributed by atoms with Crippen LogP contribution in [-0.4, -0.2) is 45.8 Å². The lowest BCUT2D eigenvalue weighted by Crippen LogP contribution is -2.57.